The molecule has 0 aliphatic heterocycles. The van der Waals surface area contributed by atoms with Gasteiger partial charge in [0.1, 0.15) is 0 Å². The molecule has 94 valence electrons. The van der Waals surface area contributed by atoms with Crippen LogP contribution in [0, 0.1) is 0 Å². The molecule has 0 heterocycles. The quantitative estimate of drug-likeness (QED) is 0.260. The lowest BCUT2D eigenvalue weighted by Crippen LogP contribution is -2.36. The Kier molecular flexibility index (Phi) is 8.95. The summed E-state index contributed by atoms with van der Waals surface area (Å²) in [7, 11) is 0. The summed E-state index contributed by atoms with van der Waals surface area (Å²) < 4.78 is 3.42. The summed E-state index contributed by atoms with van der Waals surface area (Å²) >= 11 is 9.45. The van der Waals surface area contributed by atoms with Gasteiger partial charge in [0.05, 0.1) is 6.61 Å². The third-order valence-corrected chi connectivity index (χ3v) is 4.01. The number of rotatable bonds is 8. The summed E-state index contributed by atoms with van der Waals surface area (Å²) in [4.78, 5) is 23.2. The Morgan fingerprint density at radius 3 is 2.31 bits per heavy atom. The smallest absolute Gasteiger partial charge is 0.341 e. The van der Waals surface area contributed by atoms with Gasteiger partial charge in [-0.25, -0.2) is 4.79 Å². The van der Waals surface area contributed by atoms with Crippen molar-refractivity contribution in [1.82, 2.24) is 0 Å². The minimum atomic E-state index is -1.37. The van der Waals surface area contributed by atoms with Gasteiger partial charge < -0.3 is 4.74 Å². The van der Waals surface area contributed by atoms with Gasteiger partial charge >= 0.3 is 5.97 Å². The van der Waals surface area contributed by atoms with Gasteiger partial charge in [-0.15, -0.1) is 0 Å². The first-order valence-corrected chi connectivity index (χ1v) is 7.81. The molecule has 0 saturated carbocycles. The highest BCUT2D eigenvalue weighted by Gasteiger charge is 2.41. The number of carbonyl (C=O) groups is 2. The zero-order valence-corrected chi connectivity index (χ0v) is 13.9. The average molecular weight is 423 g/mol. The number of ether oxygens (including phenoxy) is 1. The van der Waals surface area contributed by atoms with E-state index in [-0.39, 0.29) is 12.4 Å². The molecule has 0 aromatic rings. The van der Waals surface area contributed by atoms with Gasteiger partial charge in [-0.3, -0.25) is 4.79 Å². The lowest BCUT2D eigenvalue weighted by Gasteiger charge is -2.16. The Labute approximate surface area is 121 Å². The van der Waals surface area contributed by atoms with Gasteiger partial charge in [-0.05, 0) is 19.8 Å². The molecule has 0 saturated heterocycles. The van der Waals surface area contributed by atoms with Crippen LogP contribution < -0.4 is 0 Å². The first-order valence-electron chi connectivity index (χ1n) is 5.11. The molecular formula is C10H15Br3O3. The van der Waals surface area contributed by atoms with Crippen molar-refractivity contribution >= 4 is 59.5 Å². The zero-order valence-electron chi connectivity index (χ0n) is 9.10. The predicted molar refractivity (Wildman–Crippen MR) is 74.5 cm³/mol. The first kappa shape index (κ1) is 16.6. The van der Waals surface area contributed by atoms with E-state index in [1.165, 1.54) is 0 Å². The number of ketones is 1. The minimum Gasteiger partial charge on any atom is -0.464 e. The maximum Gasteiger partial charge on any atom is 0.341 e. The molecular weight excluding hydrogens is 408 g/mol. The Balaban J connectivity index is 4.08. The van der Waals surface area contributed by atoms with Crippen LogP contribution in [0.2, 0.25) is 0 Å². The van der Waals surface area contributed by atoms with Gasteiger partial charge in [-0.1, -0.05) is 54.2 Å². The van der Waals surface area contributed by atoms with Crippen LogP contribution in [0.3, 0.4) is 0 Å². The van der Waals surface area contributed by atoms with Crippen LogP contribution in [0.1, 0.15) is 32.6 Å². The zero-order chi connectivity index (χ0) is 12.6. The third-order valence-electron chi connectivity index (χ3n) is 1.92. The van der Waals surface area contributed by atoms with Crippen LogP contribution >= 0.6 is 47.8 Å². The van der Waals surface area contributed by atoms with E-state index in [0.717, 1.165) is 24.6 Å². The maximum atomic E-state index is 11.7. The largest absolute Gasteiger partial charge is 0.464 e. The third kappa shape index (κ3) is 5.77. The van der Waals surface area contributed by atoms with Crippen molar-refractivity contribution in [2.45, 2.75) is 35.8 Å². The van der Waals surface area contributed by atoms with Gasteiger partial charge in [0, 0.05) is 11.8 Å². The molecule has 0 bridgehead atoms. The summed E-state index contributed by atoms with van der Waals surface area (Å²) in [6.07, 6.45) is 3.14. The summed E-state index contributed by atoms with van der Waals surface area (Å²) in [5.74, 6) is -0.777. The molecule has 0 aliphatic carbocycles. The van der Waals surface area contributed by atoms with E-state index in [9.17, 15) is 9.59 Å². The number of carbonyl (C=O) groups excluding carboxylic acids is 2. The fourth-order valence-corrected chi connectivity index (χ4v) is 2.07. The fraction of sp³-hybridized carbons (Fsp3) is 0.800. The monoisotopic (exact) mass is 420 g/mol. The maximum absolute atomic E-state index is 11.7. The van der Waals surface area contributed by atoms with E-state index >= 15 is 0 Å². The molecule has 0 aromatic carbocycles. The Morgan fingerprint density at radius 1 is 1.19 bits per heavy atom. The normalized spacial score (nSPS) is 11.2. The molecule has 0 atom stereocenters. The Hall–Kier alpha value is 0.580. The molecule has 0 spiro atoms. The van der Waals surface area contributed by atoms with Gasteiger partial charge in [0.2, 0.25) is 3.23 Å². The van der Waals surface area contributed by atoms with Crippen molar-refractivity contribution in [3.8, 4) is 0 Å². The van der Waals surface area contributed by atoms with E-state index in [2.05, 4.69) is 47.8 Å². The molecule has 0 unspecified atom stereocenters. The summed E-state index contributed by atoms with van der Waals surface area (Å²) in [6.45, 7) is 1.96. The number of alkyl halides is 3. The second-order valence-corrected chi connectivity index (χ2v) is 7.45. The van der Waals surface area contributed by atoms with Crippen molar-refractivity contribution in [1.29, 1.82) is 0 Å². The van der Waals surface area contributed by atoms with Crippen molar-refractivity contribution in [2.75, 3.05) is 11.9 Å². The summed E-state index contributed by atoms with van der Waals surface area (Å²) in [5, 5.41) is 0.937. The van der Waals surface area contributed by atoms with E-state index in [1.807, 2.05) is 0 Å². The van der Waals surface area contributed by atoms with Crippen molar-refractivity contribution in [3.63, 3.8) is 0 Å². The highest BCUT2D eigenvalue weighted by Crippen LogP contribution is 2.31. The predicted octanol–water partition coefficient (Wildman–Crippen LogP) is 3.56. The summed E-state index contributed by atoms with van der Waals surface area (Å²) in [6, 6.07) is 0. The topological polar surface area (TPSA) is 43.4 Å². The van der Waals surface area contributed by atoms with Crippen molar-refractivity contribution in [3.05, 3.63) is 0 Å². The van der Waals surface area contributed by atoms with E-state index in [0.29, 0.717) is 6.42 Å². The van der Waals surface area contributed by atoms with Gasteiger partial charge in [0.15, 0.2) is 5.78 Å². The van der Waals surface area contributed by atoms with E-state index in [1.54, 1.807) is 6.92 Å². The van der Waals surface area contributed by atoms with Crippen LogP contribution in [-0.4, -0.2) is 26.9 Å². The van der Waals surface area contributed by atoms with E-state index < -0.39 is 9.20 Å². The van der Waals surface area contributed by atoms with E-state index in [4.69, 9.17) is 4.74 Å². The van der Waals surface area contributed by atoms with Gasteiger partial charge in [0.25, 0.3) is 0 Å². The lowest BCUT2D eigenvalue weighted by atomic mass is 10.1. The SMILES string of the molecule is CCOC(=O)C(Br)(Br)C(=O)CCCCCBr. The molecule has 0 aromatic heterocycles. The lowest BCUT2D eigenvalue weighted by molar-refractivity contribution is -0.145. The molecule has 6 heteroatoms. The Morgan fingerprint density at radius 2 is 1.81 bits per heavy atom. The van der Waals surface area contributed by atoms with Gasteiger partial charge in [-0.2, -0.15) is 0 Å². The van der Waals surface area contributed by atoms with Crippen LogP contribution in [0.15, 0.2) is 0 Å². The number of hydrogen-bond donors (Lipinski definition) is 0. The number of Topliss-reactive ketones (excluding diaryl/α,β-unsaturated/α-hetero) is 1. The molecule has 0 rings (SSSR count). The number of hydrogen-bond acceptors (Lipinski definition) is 3. The highest BCUT2D eigenvalue weighted by molar-refractivity contribution is 9.26. The fourth-order valence-electron chi connectivity index (χ4n) is 1.05. The number of unbranched alkanes of at least 4 members (excludes halogenated alkanes) is 2. The van der Waals surface area contributed by atoms with Crippen LogP contribution in [0.4, 0.5) is 0 Å². The molecule has 0 radical (unpaired) electrons. The molecule has 0 fully saturated rings. The average Bonchev–Trinajstić information content (AvgIpc) is 2.24. The second-order valence-electron chi connectivity index (χ2n) is 3.22. The van der Waals surface area contributed by atoms with Crippen molar-refractivity contribution < 1.29 is 14.3 Å². The summed E-state index contributed by atoms with van der Waals surface area (Å²) in [5.41, 5.74) is 0. The van der Waals surface area contributed by atoms with Crippen LogP contribution in [0.25, 0.3) is 0 Å². The van der Waals surface area contributed by atoms with Crippen LogP contribution in [-0.2, 0) is 14.3 Å². The first-order chi connectivity index (χ1) is 7.46. The van der Waals surface area contributed by atoms with Crippen LogP contribution in [0.5, 0.6) is 0 Å². The second kappa shape index (κ2) is 8.64. The molecule has 3 nitrogen and oxygen atoms in total. The number of esters is 1. The van der Waals surface area contributed by atoms with Crippen molar-refractivity contribution in [2.24, 2.45) is 0 Å². The molecule has 0 amide bonds. The minimum absolute atomic E-state index is 0.194. The Bertz CT molecular complexity index is 241. The molecule has 0 aliphatic rings. The molecule has 0 N–H and O–H groups in total. The standard InChI is InChI=1S/C10H15Br3O3/c1-2-16-9(15)10(12,13)8(14)6-4-3-5-7-11/h2-7H2,1H3. The number of halogens is 3. The molecule has 16 heavy (non-hydrogen) atoms. The highest BCUT2D eigenvalue weighted by atomic mass is 79.9.